The Morgan fingerprint density at radius 1 is 1.00 bits per heavy atom. The number of halogens is 3. The van der Waals surface area contributed by atoms with E-state index in [-0.39, 0.29) is 18.1 Å². The van der Waals surface area contributed by atoms with Crippen LogP contribution in [0.1, 0.15) is 32.2 Å². The van der Waals surface area contributed by atoms with E-state index in [1.165, 1.54) is 0 Å². The lowest BCUT2D eigenvalue weighted by Crippen LogP contribution is -2.15. The van der Waals surface area contributed by atoms with Gasteiger partial charge in [0, 0.05) is 17.0 Å². The average Bonchev–Trinajstić information content (AvgIpc) is 3.18. The Labute approximate surface area is 147 Å². The van der Waals surface area contributed by atoms with E-state index in [1.54, 1.807) is 24.3 Å². The van der Waals surface area contributed by atoms with Crippen LogP contribution in [0.4, 0.5) is 13.2 Å². The summed E-state index contributed by atoms with van der Waals surface area (Å²) in [5.41, 5.74) is 0.140. The van der Waals surface area contributed by atoms with Crippen molar-refractivity contribution in [2.45, 2.75) is 32.4 Å². The molecule has 8 heteroatoms. The zero-order valence-corrected chi connectivity index (χ0v) is 14.4. The maximum absolute atomic E-state index is 13.6. The first-order valence-electron chi connectivity index (χ1n) is 8.01. The van der Waals surface area contributed by atoms with E-state index in [0.29, 0.717) is 22.8 Å². The molecule has 5 nitrogen and oxygen atoms in total. The molecule has 3 aromatic rings. The third-order valence-corrected chi connectivity index (χ3v) is 4.15. The predicted octanol–water partition coefficient (Wildman–Crippen LogP) is 4.44. The van der Waals surface area contributed by atoms with Crippen LogP contribution in [-0.2, 0) is 11.6 Å². The molecule has 0 saturated carbocycles. The first-order valence-corrected chi connectivity index (χ1v) is 8.01. The van der Waals surface area contributed by atoms with E-state index < -0.39 is 17.3 Å². The van der Waals surface area contributed by atoms with Gasteiger partial charge < -0.3 is 9.47 Å². The predicted molar refractivity (Wildman–Crippen MR) is 88.2 cm³/mol. The van der Waals surface area contributed by atoms with Crippen molar-refractivity contribution in [1.82, 2.24) is 14.6 Å². The number of fused-ring (bicyclic) bond motifs is 2. The molecule has 4 rings (SSSR count). The summed E-state index contributed by atoms with van der Waals surface area (Å²) < 4.78 is 52.2. The van der Waals surface area contributed by atoms with Crippen molar-refractivity contribution >= 4 is 5.65 Å². The summed E-state index contributed by atoms with van der Waals surface area (Å²) in [6.45, 7) is 5.76. The molecule has 26 heavy (non-hydrogen) atoms. The zero-order valence-electron chi connectivity index (χ0n) is 14.4. The number of ether oxygens (including phenoxy) is 2. The van der Waals surface area contributed by atoms with Gasteiger partial charge in [-0.25, -0.2) is 9.50 Å². The molecule has 0 aliphatic carbocycles. The monoisotopic (exact) mass is 363 g/mol. The second-order valence-corrected chi connectivity index (χ2v) is 7.14. The normalized spacial score (nSPS) is 14.2. The van der Waals surface area contributed by atoms with E-state index in [4.69, 9.17) is 9.47 Å². The highest BCUT2D eigenvalue weighted by molar-refractivity contribution is 5.67. The highest BCUT2D eigenvalue weighted by atomic mass is 19.4. The minimum Gasteiger partial charge on any atom is -0.454 e. The van der Waals surface area contributed by atoms with E-state index in [0.717, 1.165) is 10.6 Å². The standard InChI is InChI=1S/C18H16F3N3O2/c1-17(2,3)14-8-16-22-11(7-15(18(19,20)21)24(16)23-14)10-4-5-12-13(6-10)26-9-25-12/h4-8H,9H2,1-3H3. The molecule has 0 amide bonds. The molecule has 0 N–H and O–H groups in total. The highest BCUT2D eigenvalue weighted by Crippen LogP contribution is 2.37. The van der Waals surface area contributed by atoms with Crippen LogP contribution in [0.5, 0.6) is 11.5 Å². The number of alkyl halides is 3. The molecule has 0 unspecified atom stereocenters. The molecule has 0 radical (unpaired) electrons. The van der Waals surface area contributed by atoms with E-state index in [1.807, 2.05) is 20.8 Å². The summed E-state index contributed by atoms with van der Waals surface area (Å²) in [7, 11) is 0. The van der Waals surface area contributed by atoms with Crippen molar-refractivity contribution in [2.75, 3.05) is 6.79 Å². The summed E-state index contributed by atoms with van der Waals surface area (Å²) in [6, 6.07) is 7.54. The Morgan fingerprint density at radius 2 is 1.73 bits per heavy atom. The molecule has 1 aliphatic rings. The third-order valence-electron chi connectivity index (χ3n) is 4.15. The number of hydrogen-bond acceptors (Lipinski definition) is 4. The zero-order chi connectivity index (χ0) is 18.7. The molecule has 2 aromatic heterocycles. The van der Waals surface area contributed by atoms with Crippen molar-refractivity contribution in [3.63, 3.8) is 0 Å². The van der Waals surface area contributed by atoms with Crippen LogP contribution in [0.2, 0.25) is 0 Å². The number of nitrogens with zero attached hydrogens (tertiary/aromatic N) is 3. The van der Waals surface area contributed by atoms with Crippen LogP contribution in [0.3, 0.4) is 0 Å². The van der Waals surface area contributed by atoms with Gasteiger partial charge in [0.05, 0.1) is 11.4 Å². The van der Waals surface area contributed by atoms with Crippen LogP contribution in [0, 0.1) is 0 Å². The number of rotatable bonds is 1. The maximum Gasteiger partial charge on any atom is 0.433 e. The summed E-state index contributed by atoms with van der Waals surface area (Å²) in [4.78, 5) is 4.38. The van der Waals surface area contributed by atoms with Gasteiger partial charge in [-0.15, -0.1) is 0 Å². The summed E-state index contributed by atoms with van der Waals surface area (Å²) in [6.07, 6.45) is -4.56. The summed E-state index contributed by atoms with van der Waals surface area (Å²) >= 11 is 0. The van der Waals surface area contributed by atoms with E-state index >= 15 is 0 Å². The van der Waals surface area contributed by atoms with Gasteiger partial charge in [0.1, 0.15) is 0 Å². The molecule has 136 valence electrons. The van der Waals surface area contributed by atoms with Crippen LogP contribution >= 0.6 is 0 Å². The van der Waals surface area contributed by atoms with Gasteiger partial charge in [-0.1, -0.05) is 20.8 Å². The minimum absolute atomic E-state index is 0.0939. The van der Waals surface area contributed by atoms with Crippen molar-refractivity contribution in [1.29, 1.82) is 0 Å². The molecule has 0 fully saturated rings. The quantitative estimate of drug-likeness (QED) is 0.641. The van der Waals surface area contributed by atoms with Crippen LogP contribution in [-0.4, -0.2) is 21.4 Å². The lowest BCUT2D eigenvalue weighted by molar-refractivity contribution is -0.142. The van der Waals surface area contributed by atoms with Gasteiger partial charge in [-0.2, -0.15) is 18.3 Å². The number of benzene rings is 1. The molecule has 1 aliphatic heterocycles. The fourth-order valence-electron chi connectivity index (χ4n) is 2.75. The van der Waals surface area contributed by atoms with Gasteiger partial charge in [0.2, 0.25) is 6.79 Å². The Bertz CT molecular complexity index is 1000. The topological polar surface area (TPSA) is 48.7 Å². The maximum atomic E-state index is 13.6. The molecule has 0 bridgehead atoms. The van der Waals surface area contributed by atoms with Crippen molar-refractivity contribution in [3.8, 4) is 22.8 Å². The Kier molecular flexibility index (Phi) is 3.44. The summed E-state index contributed by atoms with van der Waals surface area (Å²) in [5, 5.41) is 4.13. The smallest absolute Gasteiger partial charge is 0.433 e. The van der Waals surface area contributed by atoms with E-state index in [9.17, 15) is 13.2 Å². The fourth-order valence-corrected chi connectivity index (χ4v) is 2.75. The Morgan fingerprint density at radius 3 is 2.42 bits per heavy atom. The minimum atomic E-state index is -4.56. The highest BCUT2D eigenvalue weighted by Gasteiger charge is 2.36. The Balaban J connectivity index is 1.93. The first-order chi connectivity index (χ1) is 12.1. The van der Waals surface area contributed by atoms with Gasteiger partial charge in [-0.05, 0) is 24.3 Å². The molecule has 0 saturated heterocycles. The van der Waals surface area contributed by atoms with Crippen LogP contribution < -0.4 is 9.47 Å². The first kappa shape index (κ1) is 16.7. The summed E-state index contributed by atoms with van der Waals surface area (Å²) in [5.74, 6) is 1.05. The molecule has 0 atom stereocenters. The SMILES string of the molecule is CC(C)(C)c1cc2nc(-c3ccc4c(c3)OCO4)cc(C(F)(F)F)n2n1. The largest absolute Gasteiger partial charge is 0.454 e. The second kappa shape index (κ2) is 5.36. The van der Waals surface area contributed by atoms with Crippen molar-refractivity contribution in [2.24, 2.45) is 0 Å². The van der Waals surface area contributed by atoms with Crippen LogP contribution in [0.15, 0.2) is 30.3 Å². The molecule has 1 aromatic carbocycles. The molecule has 0 spiro atoms. The molecule has 3 heterocycles. The van der Waals surface area contributed by atoms with Crippen LogP contribution in [0.25, 0.3) is 16.9 Å². The number of hydrogen-bond donors (Lipinski definition) is 0. The average molecular weight is 363 g/mol. The lowest BCUT2D eigenvalue weighted by Gasteiger charge is -2.14. The van der Waals surface area contributed by atoms with E-state index in [2.05, 4.69) is 10.1 Å². The molecular formula is C18H16F3N3O2. The second-order valence-electron chi connectivity index (χ2n) is 7.14. The number of aromatic nitrogens is 3. The van der Waals surface area contributed by atoms with Crippen molar-refractivity contribution < 1.29 is 22.6 Å². The third kappa shape index (κ3) is 2.75. The Hall–Kier alpha value is -2.77. The van der Waals surface area contributed by atoms with Gasteiger partial charge in [0.25, 0.3) is 0 Å². The van der Waals surface area contributed by atoms with Crippen molar-refractivity contribution in [3.05, 3.63) is 41.7 Å². The lowest BCUT2D eigenvalue weighted by atomic mass is 9.93. The molecular weight excluding hydrogens is 347 g/mol. The fraction of sp³-hybridized carbons (Fsp3) is 0.333. The van der Waals surface area contributed by atoms with Gasteiger partial charge in [-0.3, -0.25) is 0 Å². The van der Waals surface area contributed by atoms with Gasteiger partial charge >= 0.3 is 6.18 Å². The van der Waals surface area contributed by atoms with Gasteiger partial charge in [0.15, 0.2) is 22.8 Å².